The maximum Gasteiger partial charge on any atom is 0.320 e. The van der Waals surface area contributed by atoms with Crippen LogP contribution >= 0.6 is 0 Å². The molecule has 5 aliphatic heterocycles. The normalized spacial score (nSPS) is 23.3. The summed E-state index contributed by atoms with van der Waals surface area (Å²) in [7, 11) is 1.83. The van der Waals surface area contributed by atoms with Gasteiger partial charge in [-0.15, -0.1) is 0 Å². The molecule has 5 fully saturated rings. The third kappa shape index (κ3) is 7.49. The summed E-state index contributed by atoms with van der Waals surface area (Å²) in [5.41, 5.74) is 9.38. The van der Waals surface area contributed by atoms with Crippen LogP contribution in [-0.4, -0.2) is 143 Å². The number of likely N-dealkylation sites (tertiary alicyclic amines) is 1. The highest BCUT2D eigenvalue weighted by atomic mass is 16.2. The highest BCUT2D eigenvalue weighted by Crippen LogP contribution is 2.35. The van der Waals surface area contributed by atoms with E-state index in [0.717, 1.165) is 94.3 Å². The van der Waals surface area contributed by atoms with Crippen molar-refractivity contribution >= 4 is 58.3 Å². The maximum atomic E-state index is 13.3. The Balaban J connectivity index is 0.760. The molecule has 2 atom stereocenters. The molecule has 3 N–H and O–H groups in total. The molecule has 4 saturated heterocycles. The minimum absolute atomic E-state index is 0.0603. The molecule has 5 amide bonds. The summed E-state index contributed by atoms with van der Waals surface area (Å²) in [4.78, 5) is 96.6. The number of urea groups is 1. The number of nitrogens with two attached hydrogens (primary N) is 1. The van der Waals surface area contributed by atoms with Gasteiger partial charge in [0.15, 0.2) is 17.3 Å². The van der Waals surface area contributed by atoms with Crippen molar-refractivity contribution in [2.45, 2.75) is 62.9 Å². The van der Waals surface area contributed by atoms with Gasteiger partial charge in [-0.3, -0.25) is 28.9 Å². The second-order valence-corrected chi connectivity index (χ2v) is 17.0. The van der Waals surface area contributed by atoms with Gasteiger partial charge in [0.1, 0.15) is 11.6 Å². The highest BCUT2D eigenvalue weighted by Gasteiger charge is 2.45. The molecular weight excluding hydrogens is 753 g/mol. The molecular formula is C43H50N10O6. The maximum absolute atomic E-state index is 13.3. The number of ketones is 2. The van der Waals surface area contributed by atoms with Gasteiger partial charge in [0, 0.05) is 76.6 Å². The lowest BCUT2D eigenvalue weighted by molar-refractivity contribution is -0.132. The number of imide groups is 1. The molecule has 1 aromatic heterocycles. The SMILES string of the molecule is CN1CCN([C@@H]2CCCN(c3cnc(C(N)=O)c(Nc4ccc(C5CCN(CC6CN(c7ccc8c(c7)C(=O)N(C7CCC(=O)CC7=O)C8=O)C6)CC5)cc4)n3)C2)C1=O. The average molecular weight is 803 g/mol. The van der Waals surface area contributed by atoms with Gasteiger partial charge in [-0.05, 0) is 87.0 Å². The lowest BCUT2D eigenvalue weighted by Gasteiger charge is -2.44. The van der Waals surface area contributed by atoms with Crippen LogP contribution in [0.25, 0.3) is 0 Å². The lowest BCUT2D eigenvalue weighted by Crippen LogP contribution is -2.52. The third-order valence-electron chi connectivity index (χ3n) is 13.1. The summed E-state index contributed by atoms with van der Waals surface area (Å²) >= 11 is 0. The minimum Gasteiger partial charge on any atom is -0.371 e. The van der Waals surface area contributed by atoms with E-state index in [4.69, 9.17) is 10.7 Å². The first-order valence-corrected chi connectivity index (χ1v) is 20.8. The van der Waals surface area contributed by atoms with Crippen molar-refractivity contribution in [3.05, 3.63) is 71.0 Å². The Bertz CT molecular complexity index is 2200. The van der Waals surface area contributed by atoms with E-state index in [-0.39, 0.29) is 48.6 Å². The topological polar surface area (TPSA) is 186 Å². The van der Waals surface area contributed by atoms with E-state index in [2.05, 4.69) is 37.1 Å². The Hall–Kier alpha value is -5.90. The molecule has 0 spiro atoms. The zero-order chi connectivity index (χ0) is 40.9. The van der Waals surface area contributed by atoms with Crippen molar-refractivity contribution in [2.75, 3.05) is 81.1 Å². The fraction of sp³-hybridized carbons (Fsp3) is 0.488. The first kappa shape index (κ1) is 38.6. The molecule has 308 valence electrons. The molecule has 1 aliphatic carbocycles. The number of carbonyl (C=O) groups is 6. The van der Waals surface area contributed by atoms with Gasteiger partial charge >= 0.3 is 6.03 Å². The van der Waals surface area contributed by atoms with E-state index >= 15 is 0 Å². The van der Waals surface area contributed by atoms with Crippen LogP contribution < -0.4 is 20.9 Å². The van der Waals surface area contributed by atoms with Gasteiger partial charge < -0.3 is 35.6 Å². The smallest absolute Gasteiger partial charge is 0.320 e. The monoisotopic (exact) mass is 802 g/mol. The zero-order valence-corrected chi connectivity index (χ0v) is 33.3. The molecule has 9 rings (SSSR count). The summed E-state index contributed by atoms with van der Waals surface area (Å²) in [5.74, 6) is -0.187. The molecule has 6 aliphatic rings. The summed E-state index contributed by atoms with van der Waals surface area (Å²) < 4.78 is 0. The first-order chi connectivity index (χ1) is 28.5. The number of nitrogens with zero attached hydrogens (tertiary/aromatic N) is 8. The van der Waals surface area contributed by atoms with Gasteiger partial charge in [-0.2, -0.15) is 0 Å². The van der Waals surface area contributed by atoms with Gasteiger partial charge in [-0.1, -0.05) is 12.1 Å². The minimum atomic E-state index is -0.864. The third-order valence-corrected chi connectivity index (χ3v) is 13.1. The van der Waals surface area contributed by atoms with Gasteiger partial charge in [-0.25, -0.2) is 14.8 Å². The molecule has 1 saturated carbocycles. The molecule has 0 radical (unpaired) electrons. The number of fused-ring (bicyclic) bond motifs is 1. The number of likely N-dealkylation sites (N-methyl/N-ethyl adjacent to an activating group) is 1. The fourth-order valence-corrected chi connectivity index (χ4v) is 9.77. The second kappa shape index (κ2) is 15.7. The number of aromatic nitrogens is 2. The summed E-state index contributed by atoms with van der Waals surface area (Å²) in [6.45, 7) is 7.61. The van der Waals surface area contributed by atoms with Crippen LogP contribution in [-0.2, 0) is 9.59 Å². The van der Waals surface area contributed by atoms with Crippen molar-refractivity contribution < 1.29 is 28.8 Å². The molecule has 1 unspecified atom stereocenters. The Morgan fingerprint density at radius 1 is 0.847 bits per heavy atom. The van der Waals surface area contributed by atoms with E-state index < -0.39 is 23.8 Å². The van der Waals surface area contributed by atoms with Crippen LogP contribution in [0.2, 0.25) is 0 Å². The number of Topliss-reactive ketones (excluding diaryl/α,β-unsaturated/α-hetero) is 2. The molecule has 16 heteroatoms. The predicted octanol–water partition coefficient (Wildman–Crippen LogP) is 3.26. The largest absolute Gasteiger partial charge is 0.371 e. The van der Waals surface area contributed by atoms with Crippen LogP contribution in [0.15, 0.2) is 48.7 Å². The average Bonchev–Trinajstić information content (AvgIpc) is 3.69. The number of hydrogen-bond donors (Lipinski definition) is 2. The standard InChI is InChI=1S/C43H50N10O6/c1-48-17-18-52(43(48)59)31-3-2-14-50(25-31)37-21-45-38(39(44)56)40(47-37)46-29-6-4-27(5-7-29)28-12-15-49(16-13-28)22-26-23-51(24-26)30-8-10-33-34(19-30)42(58)53(41(33)57)35-11-9-32(54)20-36(35)55/h4-8,10,19,21,26,28,31,35H,2-3,9,11-18,20,22-25H2,1H3,(H2,44,56)(H,46,47)/t31-,35?/m1/s1. The van der Waals surface area contributed by atoms with Crippen molar-refractivity contribution in [1.82, 2.24) is 29.6 Å². The van der Waals surface area contributed by atoms with Crippen molar-refractivity contribution in [3.8, 4) is 0 Å². The highest BCUT2D eigenvalue weighted by molar-refractivity contribution is 6.24. The Morgan fingerprint density at radius 3 is 2.32 bits per heavy atom. The van der Waals surface area contributed by atoms with E-state index in [1.807, 2.05) is 30.1 Å². The molecule has 16 nitrogen and oxygen atoms in total. The van der Waals surface area contributed by atoms with Crippen molar-refractivity contribution in [3.63, 3.8) is 0 Å². The van der Waals surface area contributed by atoms with E-state index in [0.29, 0.717) is 41.1 Å². The van der Waals surface area contributed by atoms with Crippen LogP contribution in [0.3, 0.4) is 0 Å². The Labute approximate surface area is 342 Å². The summed E-state index contributed by atoms with van der Waals surface area (Å²) in [6, 6.07) is 12.9. The van der Waals surface area contributed by atoms with Crippen LogP contribution in [0.1, 0.15) is 87.6 Å². The van der Waals surface area contributed by atoms with Gasteiger partial charge in [0.05, 0.1) is 35.8 Å². The zero-order valence-electron chi connectivity index (χ0n) is 33.3. The lowest BCUT2D eigenvalue weighted by atomic mass is 9.88. The quantitative estimate of drug-likeness (QED) is 0.226. The van der Waals surface area contributed by atoms with E-state index in [1.165, 1.54) is 5.56 Å². The number of anilines is 4. The predicted molar refractivity (Wildman–Crippen MR) is 219 cm³/mol. The van der Waals surface area contributed by atoms with Crippen molar-refractivity contribution in [2.24, 2.45) is 11.7 Å². The number of nitrogens with one attached hydrogen (secondary N) is 1. The molecule has 6 heterocycles. The number of amides is 5. The van der Waals surface area contributed by atoms with Crippen LogP contribution in [0.5, 0.6) is 0 Å². The number of carbonyl (C=O) groups excluding carboxylic acids is 6. The second-order valence-electron chi connectivity index (χ2n) is 17.0. The van der Waals surface area contributed by atoms with Gasteiger partial charge in [0.25, 0.3) is 17.7 Å². The summed E-state index contributed by atoms with van der Waals surface area (Å²) in [6.07, 6.45) is 5.72. The van der Waals surface area contributed by atoms with Gasteiger partial charge in [0.2, 0.25) is 0 Å². The van der Waals surface area contributed by atoms with Crippen LogP contribution in [0, 0.1) is 5.92 Å². The van der Waals surface area contributed by atoms with E-state index in [1.54, 1.807) is 23.2 Å². The van der Waals surface area contributed by atoms with E-state index in [9.17, 15) is 28.8 Å². The molecule has 3 aromatic rings. The molecule has 59 heavy (non-hydrogen) atoms. The fourth-order valence-electron chi connectivity index (χ4n) is 9.77. The molecule has 0 bridgehead atoms. The Kier molecular flexibility index (Phi) is 10.3. The number of rotatable bonds is 10. The number of piperidine rings is 2. The Morgan fingerprint density at radius 2 is 1.61 bits per heavy atom. The van der Waals surface area contributed by atoms with Crippen LogP contribution in [0.4, 0.5) is 27.8 Å². The molecule has 2 aromatic carbocycles. The van der Waals surface area contributed by atoms with Crippen molar-refractivity contribution in [1.29, 1.82) is 0 Å². The number of primary amides is 1. The number of benzene rings is 2. The summed E-state index contributed by atoms with van der Waals surface area (Å²) in [5, 5.41) is 3.29. The first-order valence-electron chi connectivity index (χ1n) is 20.8. The number of hydrogen-bond acceptors (Lipinski definition) is 12.